The SMILES string of the molecule is O=C(Nc1ccc(F)cc1)Nc1nc(-c2ccc(Cl)cc2)cs1. The monoisotopic (exact) mass is 347 g/mol. The topological polar surface area (TPSA) is 54.0 Å². The van der Waals surface area contributed by atoms with Gasteiger partial charge in [-0.3, -0.25) is 5.32 Å². The summed E-state index contributed by atoms with van der Waals surface area (Å²) >= 11 is 7.17. The molecule has 0 unspecified atom stereocenters. The van der Waals surface area contributed by atoms with Crippen LogP contribution in [0.4, 0.5) is 20.0 Å². The predicted molar refractivity (Wildman–Crippen MR) is 91.6 cm³/mol. The van der Waals surface area contributed by atoms with Crippen LogP contribution in [0.1, 0.15) is 0 Å². The number of hydrogen-bond acceptors (Lipinski definition) is 3. The Balaban J connectivity index is 1.65. The van der Waals surface area contributed by atoms with Gasteiger partial charge in [0.25, 0.3) is 0 Å². The number of hydrogen-bond donors (Lipinski definition) is 2. The summed E-state index contributed by atoms with van der Waals surface area (Å²) in [4.78, 5) is 16.2. The van der Waals surface area contributed by atoms with Crippen molar-refractivity contribution in [1.82, 2.24) is 4.98 Å². The van der Waals surface area contributed by atoms with E-state index in [1.807, 2.05) is 17.5 Å². The number of rotatable bonds is 3. The van der Waals surface area contributed by atoms with Crippen LogP contribution >= 0.6 is 22.9 Å². The second kappa shape index (κ2) is 6.76. The predicted octanol–water partition coefficient (Wildman–Crippen LogP) is 5.25. The number of carbonyl (C=O) groups excluding carboxylic acids is 1. The fourth-order valence-electron chi connectivity index (χ4n) is 1.88. The van der Waals surface area contributed by atoms with E-state index in [0.717, 1.165) is 11.3 Å². The molecule has 3 rings (SSSR count). The molecule has 23 heavy (non-hydrogen) atoms. The number of thiazole rings is 1. The van der Waals surface area contributed by atoms with Gasteiger partial charge in [-0.2, -0.15) is 0 Å². The van der Waals surface area contributed by atoms with Crippen molar-refractivity contribution in [2.75, 3.05) is 10.6 Å². The van der Waals surface area contributed by atoms with Crippen LogP contribution in [0.15, 0.2) is 53.9 Å². The van der Waals surface area contributed by atoms with Gasteiger partial charge in [-0.05, 0) is 36.4 Å². The van der Waals surface area contributed by atoms with Crippen LogP contribution < -0.4 is 10.6 Å². The van der Waals surface area contributed by atoms with Gasteiger partial charge in [0.05, 0.1) is 5.69 Å². The zero-order valence-electron chi connectivity index (χ0n) is 11.7. The minimum atomic E-state index is -0.436. The molecule has 0 aliphatic rings. The summed E-state index contributed by atoms with van der Waals surface area (Å²) in [5.41, 5.74) is 2.17. The molecule has 7 heteroatoms. The highest BCUT2D eigenvalue weighted by Gasteiger charge is 2.08. The summed E-state index contributed by atoms with van der Waals surface area (Å²) in [7, 11) is 0. The first-order chi connectivity index (χ1) is 11.1. The van der Waals surface area contributed by atoms with Gasteiger partial charge >= 0.3 is 6.03 Å². The van der Waals surface area contributed by atoms with Crippen molar-refractivity contribution in [2.45, 2.75) is 0 Å². The van der Waals surface area contributed by atoms with E-state index >= 15 is 0 Å². The van der Waals surface area contributed by atoms with E-state index in [4.69, 9.17) is 11.6 Å². The molecule has 4 nitrogen and oxygen atoms in total. The van der Waals surface area contributed by atoms with Crippen molar-refractivity contribution in [3.8, 4) is 11.3 Å². The number of anilines is 2. The molecule has 1 heterocycles. The molecule has 3 aromatic rings. The first-order valence-electron chi connectivity index (χ1n) is 6.65. The van der Waals surface area contributed by atoms with Crippen molar-refractivity contribution in [1.29, 1.82) is 0 Å². The highest BCUT2D eigenvalue weighted by Crippen LogP contribution is 2.26. The number of benzene rings is 2. The lowest BCUT2D eigenvalue weighted by Crippen LogP contribution is -2.19. The molecule has 0 radical (unpaired) electrons. The van der Waals surface area contributed by atoms with E-state index in [-0.39, 0.29) is 5.82 Å². The molecule has 2 amide bonds. The van der Waals surface area contributed by atoms with Gasteiger partial charge in [0.2, 0.25) is 0 Å². The number of nitrogens with zero attached hydrogens (tertiary/aromatic N) is 1. The molecular weight excluding hydrogens is 337 g/mol. The van der Waals surface area contributed by atoms with E-state index in [1.165, 1.54) is 35.6 Å². The van der Waals surface area contributed by atoms with Gasteiger partial charge in [0, 0.05) is 21.7 Å². The fraction of sp³-hybridized carbons (Fsp3) is 0. The van der Waals surface area contributed by atoms with Crippen molar-refractivity contribution in [2.24, 2.45) is 0 Å². The van der Waals surface area contributed by atoms with Crippen molar-refractivity contribution < 1.29 is 9.18 Å². The molecule has 0 spiro atoms. The lowest BCUT2D eigenvalue weighted by atomic mass is 10.2. The summed E-state index contributed by atoms with van der Waals surface area (Å²) in [5, 5.41) is 8.22. The van der Waals surface area contributed by atoms with Crippen molar-refractivity contribution >= 4 is 39.8 Å². The number of urea groups is 1. The van der Waals surface area contributed by atoms with Crippen LogP contribution in [-0.4, -0.2) is 11.0 Å². The second-order valence-corrected chi connectivity index (χ2v) is 5.93. The number of aromatic nitrogens is 1. The maximum Gasteiger partial charge on any atom is 0.325 e. The van der Waals surface area contributed by atoms with Crippen molar-refractivity contribution in [3.63, 3.8) is 0 Å². The maximum atomic E-state index is 12.8. The average molecular weight is 348 g/mol. The first kappa shape index (κ1) is 15.5. The number of amides is 2. The Morgan fingerprint density at radius 1 is 1.04 bits per heavy atom. The van der Waals surface area contributed by atoms with Crippen LogP contribution in [-0.2, 0) is 0 Å². The van der Waals surface area contributed by atoms with Gasteiger partial charge < -0.3 is 5.32 Å². The number of nitrogens with one attached hydrogen (secondary N) is 2. The first-order valence-corrected chi connectivity index (χ1v) is 7.91. The standard InChI is InChI=1S/C16H11ClFN3OS/c17-11-3-1-10(2-4-11)14-9-23-16(20-14)21-15(22)19-13-7-5-12(18)6-8-13/h1-9H,(H2,19,20,21,22). The minimum absolute atomic E-state index is 0.358. The molecule has 0 fully saturated rings. The van der Waals surface area contributed by atoms with E-state index in [2.05, 4.69) is 15.6 Å². The van der Waals surface area contributed by atoms with Crippen LogP contribution in [0, 0.1) is 5.82 Å². The van der Waals surface area contributed by atoms with Crippen LogP contribution in [0.5, 0.6) is 0 Å². The summed E-state index contributed by atoms with van der Waals surface area (Å²) in [6, 6.07) is 12.4. The van der Waals surface area contributed by atoms with Crippen LogP contribution in [0.25, 0.3) is 11.3 Å². The lowest BCUT2D eigenvalue weighted by molar-refractivity contribution is 0.262. The smallest absolute Gasteiger partial charge is 0.308 e. The molecule has 0 bridgehead atoms. The quantitative estimate of drug-likeness (QED) is 0.680. The number of halogens is 2. The van der Waals surface area contributed by atoms with Gasteiger partial charge in [-0.1, -0.05) is 23.7 Å². The molecule has 2 aromatic carbocycles. The van der Waals surface area contributed by atoms with Gasteiger partial charge in [0.15, 0.2) is 5.13 Å². The Bertz CT molecular complexity index is 818. The molecular formula is C16H11ClFN3OS. The van der Waals surface area contributed by atoms with E-state index in [1.54, 1.807) is 12.1 Å². The van der Waals surface area contributed by atoms with Crippen molar-refractivity contribution in [3.05, 3.63) is 64.8 Å². The normalized spacial score (nSPS) is 10.3. The van der Waals surface area contributed by atoms with Gasteiger partial charge in [-0.15, -0.1) is 11.3 Å². The Hall–Kier alpha value is -2.44. The average Bonchev–Trinajstić information content (AvgIpc) is 2.98. The fourth-order valence-corrected chi connectivity index (χ4v) is 2.72. The minimum Gasteiger partial charge on any atom is -0.308 e. The highest BCUT2D eigenvalue weighted by atomic mass is 35.5. The molecule has 2 N–H and O–H groups in total. The van der Waals surface area contributed by atoms with Crippen LogP contribution in [0.2, 0.25) is 5.02 Å². The molecule has 0 aliphatic carbocycles. The summed E-state index contributed by atoms with van der Waals surface area (Å²) in [5.74, 6) is -0.358. The van der Waals surface area contributed by atoms with Gasteiger partial charge in [-0.25, -0.2) is 14.2 Å². The van der Waals surface area contributed by atoms with E-state index in [0.29, 0.717) is 15.8 Å². The molecule has 1 aromatic heterocycles. The third kappa shape index (κ3) is 4.06. The largest absolute Gasteiger partial charge is 0.325 e. The molecule has 0 saturated heterocycles. The maximum absolute atomic E-state index is 12.8. The summed E-state index contributed by atoms with van der Waals surface area (Å²) in [6.07, 6.45) is 0. The summed E-state index contributed by atoms with van der Waals surface area (Å²) in [6.45, 7) is 0. The molecule has 0 atom stereocenters. The van der Waals surface area contributed by atoms with E-state index in [9.17, 15) is 9.18 Å². The summed E-state index contributed by atoms with van der Waals surface area (Å²) < 4.78 is 12.8. The Labute approximate surface area is 141 Å². The van der Waals surface area contributed by atoms with Crippen LogP contribution in [0.3, 0.4) is 0 Å². The highest BCUT2D eigenvalue weighted by molar-refractivity contribution is 7.14. The Morgan fingerprint density at radius 3 is 2.43 bits per heavy atom. The number of carbonyl (C=O) groups is 1. The Morgan fingerprint density at radius 2 is 1.74 bits per heavy atom. The van der Waals surface area contributed by atoms with Gasteiger partial charge in [0.1, 0.15) is 5.82 Å². The molecule has 0 aliphatic heterocycles. The zero-order chi connectivity index (χ0) is 16.2. The lowest BCUT2D eigenvalue weighted by Gasteiger charge is -2.05. The molecule has 116 valence electrons. The molecule has 0 saturated carbocycles. The Kier molecular flexibility index (Phi) is 4.55. The zero-order valence-corrected chi connectivity index (χ0v) is 13.3. The third-order valence-electron chi connectivity index (χ3n) is 2.97. The third-order valence-corrected chi connectivity index (χ3v) is 3.98. The second-order valence-electron chi connectivity index (χ2n) is 4.63. The van der Waals surface area contributed by atoms with E-state index < -0.39 is 6.03 Å².